The molecule has 6 nitrogen and oxygen atoms in total. The minimum Gasteiger partial charge on any atom is -0.453 e. The summed E-state index contributed by atoms with van der Waals surface area (Å²) in [5, 5.41) is 0. The number of ether oxygens (including phenoxy) is 2. The van der Waals surface area contributed by atoms with Gasteiger partial charge in [0.2, 0.25) is 0 Å². The number of nitrogens with zero attached hydrogens (tertiary/aromatic N) is 1. The summed E-state index contributed by atoms with van der Waals surface area (Å²) in [7, 11) is 2.67. The molecule has 0 radical (unpaired) electrons. The maximum absolute atomic E-state index is 12.8. The van der Waals surface area contributed by atoms with Gasteiger partial charge in [-0.05, 0) is 36.6 Å². The highest BCUT2D eigenvalue weighted by Gasteiger charge is 2.67. The van der Waals surface area contributed by atoms with Gasteiger partial charge >= 0.3 is 11.9 Å². The monoisotopic (exact) mass is 423 g/mol. The van der Waals surface area contributed by atoms with Crippen molar-refractivity contribution in [1.82, 2.24) is 4.67 Å². The van der Waals surface area contributed by atoms with Crippen molar-refractivity contribution in [2.45, 2.75) is 37.1 Å². The topological polar surface area (TPSA) is 72.9 Å². The van der Waals surface area contributed by atoms with Crippen LogP contribution >= 0.6 is 9.39 Å². The molecule has 3 aliphatic rings. The summed E-state index contributed by atoms with van der Waals surface area (Å²) in [5.74, 6) is -0.802. The first-order valence-corrected chi connectivity index (χ1v) is 10.7. The second-order valence-electron chi connectivity index (χ2n) is 8.09. The molecule has 7 heteroatoms. The van der Waals surface area contributed by atoms with Crippen LogP contribution in [0.5, 0.6) is 0 Å². The molecule has 154 valence electrons. The number of benzene rings is 2. The Hall–Kier alpha value is -2.56. The molecule has 2 aromatic carbocycles. The molecule has 2 aliphatic heterocycles. The molecule has 1 aliphatic carbocycles. The molecule has 30 heavy (non-hydrogen) atoms. The van der Waals surface area contributed by atoms with Crippen molar-refractivity contribution in [1.29, 1.82) is 0 Å². The van der Waals surface area contributed by atoms with Crippen LogP contribution < -0.4 is 0 Å². The maximum atomic E-state index is 12.8. The first kappa shape index (κ1) is 19.4. The van der Waals surface area contributed by atoms with Crippen molar-refractivity contribution in [3.05, 3.63) is 71.8 Å². The zero-order valence-corrected chi connectivity index (χ0v) is 17.4. The van der Waals surface area contributed by atoms with Gasteiger partial charge in [0.25, 0.3) is 0 Å². The van der Waals surface area contributed by atoms with Gasteiger partial charge in [-0.2, -0.15) is 0 Å². The number of fused-ring (bicyclic) bond motifs is 5. The summed E-state index contributed by atoms with van der Waals surface area (Å²) < 4.78 is 13.8. The first-order chi connectivity index (χ1) is 14.6. The number of carbonyl (C=O) groups excluding carboxylic acids is 3. The smallest absolute Gasteiger partial charge is 0.338 e. The van der Waals surface area contributed by atoms with E-state index in [1.807, 2.05) is 16.8 Å². The van der Waals surface area contributed by atoms with E-state index in [1.165, 1.54) is 0 Å². The minimum absolute atomic E-state index is 0.111. The largest absolute Gasteiger partial charge is 0.453 e. The first-order valence-electron chi connectivity index (χ1n) is 10.1. The Kier molecular flexibility index (Phi) is 4.92. The molecule has 7 atom stereocenters. The highest BCUT2D eigenvalue weighted by atomic mass is 31.0. The van der Waals surface area contributed by atoms with Gasteiger partial charge < -0.3 is 9.47 Å². The maximum Gasteiger partial charge on any atom is 0.338 e. The van der Waals surface area contributed by atoms with Crippen molar-refractivity contribution in [3.63, 3.8) is 0 Å². The zero-order valence-electron chi connectivity index (χ0n) is 16.2. The average molecular weight is 423 g/mol. The van der Waals surface area contributed by atoms with E-state index >= 15 is 0 Å². The molecule has 0 amide bonds. The van der Waals surface area contributed by atoms with Crippen molar-refractivity contribution in [2.75, 3.05) is 0 Å². The van der Waals surface area contributed by atoms with Crippen molar-refractivity contribution >= 4 is 27.1 Å². The molecule has 1 saturated carbocycles. The summed E-state index contributed by atoms with van der Waals surface area (Å²) in [6.07, 6.45) is -0.0235. The predicted molar refractivity (Wildman–Crippen MR) is 112 cm³/mol. The molecule has 5 rings (SSSR count). The molecule has 2 saturated heterocycles. The lowest BCUT2D eigenvalue weighted by atomic mass is 9.78. The molecule has 2 bridgehead atoms. The Balaban J connectivity index is 1.44. The van der Waals surface area contributed by atoms with E-state index in [1.54, 1.807) is 48.5 Å². The molecule has 3 fully saturated rings. The van der Waals surface area contributed by atoms with E-state index in [0.717, 1.165) is 6.42 Å². The van der Waals surface area contributed by atoms with Gasteiger partial charge in [-0.15, -0.1) is 0 Å². The van der Waals surface area contributed by atoms with Gasteiger partial charge in [0.1, 0.15) is 5.78 Å². The van der Waals surface area contributed by atoms with Crippen molar-refractivity contribution < 1.29 is 23.9 Å². The molecule has 2 heterocycles. The van der Waals surface area contributed by atoms with Crippen LogP contribution in [0, 0.1) is 11.8 Å². The second kappa shape index (κ2) is 7.60. The zero-order chi connectivity index (χ0) is 20.8. The standard InChI is InChI=1S/C23H22NO5P/c25-16-12-11-15-17(16)19-21(29-23(27)14-9-5-2-6-10-14)20(18(15)24(19)30)28-22(26)13-7-3-1-4-8-13/h1-10,15,17-21H,11-12,30H2. The summed E-state index contributed by atoms with van der Waals surface area (Å²) in [6.45, 7) is 0. The molecule has 7 unspecified atom stereocenters. The predicted octanol–water partition coefficient (Wildman–Crippen LogP) is 2.89. The number of rotatable bonds is 4. The lowest BCUT2D eigenvalue weighted by Crippen LogP contribution is -2.50. The minimum atomic E-state index is -0.698. The third-order valence-electron chi connectivity index (χ3n) is 6.55. The molecular weight excluding hydrogens is 401 g/mol. The second-order valence-corrected chi connectivity index (χ2v) is 8.69. The lowest BCUT2D eigenvalue weighted by molar-refractivity contribution is -0.124. The van der Waals surface area contributed by atoms with Crippen molar-refractivity contribution in [2.24, 2.45) is 11.8 Å². The fourth-order valence-electron chi connectivity index (χ4n) is 5.31. The quantitative estimate of drug-likeness (QED) is 0.556. The van der Waals surface area contributed by atoms with Crippen LogP contribution in [0.15, 0.2) is 60.7 Å². The SMILES string of the molecule is O=C(OC1C(OC(=O)c2ccccc2)C2C3C(=O)CCC3C1N2P)c1ccccc1. The summed E-state index contributed by atoms with van der Waals surface area (Å²) >= 11 is 0. The Labute approximate surface area is 176 Å². The highest BCUT2D eigenvalue weighted by Crippen LogP contribution is 2.55. The number of carbonyl (C=O) groups is 3. The number of esters is 2. The van der Waals surface area contributed by atoms with E-state index in [4.69, 9.17) is 9.47 Å². The van der Waals surface area contributed by atoms with Gasteiger partial charge in [-0.3, -0.25) is 9.46 Å². The van der Waals surface area contributed by atoms with E-state index in [9.17, 15) is 14.4 Å². The van der Waals surface area contributed by atoms with Gasteiger partial charge in [0, 0.05) is 12.3 Å². The van der Waals surface area contributed by atoms with E-state index in [2.05, 4.69) is 9.39 Å². The molecular formula is C23H22NO5P. The summed E-state index contributed by atoms with van der Waals surface area (Å²) in [4.78, 5) is 38.1. The van der Waals surface area contributed by atoms with Crippen LogP contribution in [-0.2, 0) is 14.3 Å². The Morgan fingerprint density at radius 2 is 1.33 bits per heavy atom. The van der Waals surface area contributed by atoms with Crippen LogP contribution in [0.1, 0.15) is 33.6 Å². The third kappa shape index (κ3) is 3.06. The summed E-state index contributed by atoms with van der Waals surface area (Å²) in [6, 6.07) is 17.0. The van der Waals surface area contributed by atoms with Crippen LogP contribution in [0.3, 0.4) is 0 Å². The molecule has 2 aromatic rings. The number of hydrogen-bond acceptors (Lipinski definition) is 6. The van der Waals surface area contributed by atoms with E-state index in [-0.39, 0.29) is 29.7 Å². The molecule has 0 aromatic heterocycles. The van der Waals surface area contributed by atoms with Gasteiger partial charge in [0.15, 0.2) is 12.2 Å². The average Bonchev–Trinajstić information content (AvgIpc) is 3.37. The van der Waals surface area contributed by atoms with Gasteiger partial charge in [-0.25, -0.2) is 9.59 Å². The Bertz CT molecular complexity index is 982. The number of hydrogen-bond donors (Lipinski definition) is 0. The van der Waals surface area contributed by atoms with Crippen LogP contribution in [0.25, 0.3) is 0 Å². The number of Topliss-reactive ketones (excluding diaryl/α,β-unsaturated/α-hetero) is 1. The van der Waals surface area contributed by atoms with Crippen LogP contribution in [0.4, 0.5) is 0 Å². The molecule has 0 N–H and O–H groups in total. The Morgan fingerprint density at radius 3 is 1.87 bits per heavy atom. The summed E-state index contributed by atoms with van der Waals surface area (Å²) in [5.41, 5.74) is 0.876. The number of ketones is 1. The molecule has 0 spiro atoms. The van der Waals surface area contributed by atoms with Gasteiger partial charge in [-0.1, -0.05) is 45.8 Å². The van der Waals surface area contributed by atoms with E-state index in [0.29, 0.717) is 17.5 Å². The van der Waals surface area contributed by atoms with Crippen molar-refractivity contribution in [3.8, 4) is 0 Å². The lowest BCUT2D eigenvalue weighted by Gasteiger charge is -2.34. The van der Waals surface area contributed by atoms with E-state index < -0.39 is 24.1 Å². The van der Waals surface area contributed by atoms with Crippen LogP contribution in [0.2, 0.25) is 0 Å². The van der Waals surface area contributed by atoms with Gasteiger partial charge in [0.05, 0.1) is 23.2 Å². The highest BCUT2D eigenvalue weighted by molar-refractivity contribution is 7.13. The fraction of sp³-hybridized carbons (Fsp3) is 0.348. The fourth-order valence-corrected chi connectivity index (χ4v) is 6.05. The van der Waals surface area contributed by atoms with Crippen LogP contribution in [-0.4, -0.2) is 46.7 Å². The third-order valence-corrected chi connectivity index (χ3v) is 7.24. The Morgan fingerprint density at radius 1 is 0.833 bits per heavy atom. The normalized spacial score (nSPS) is 32.1.